The van der Waals surface area contributed by atoms with E-state index in [0.717, 1.165) is 11.1 Å². The van der Waals surface area contributed by atoms with E-state index < -0.39 is 0 Å². The maximum absolute atomic E-state index is 6.23. The van der Waals surface area contributed by atoms with Crippen LogP contribution < -0.4 is 10.5 Å². The Labute approximate surface area is 139 Å². The molecule has 1 atom stereocenters. The van der Waals surface area contributed by atoms with Crippen LogP contribution in [-0.2, 0) is 0 Å². The normalized spacial score (nSPS) is 11.9. The first-order chi connectivity index (χ1) is 11.1. The van der Waals surface area contributed by atoms with Gasteiger partial charge >= 0.3 is 0 Å². The highest BCUT2D eigenvalue weighted by molar-refractivity contribution is 6.31. The summed E-state index contributed by atoms with van der Waals surface area (Å²) in [4.78, 5) is 8.70. The molecule has 5 heteroatoms. The van der Waals surface area contributed by atoms with Gasteiger partial charge in [-0.05, 0) is 25.1 Å². The van der Waals surface area contributed by atoms with Crippen LogP contribution in [0.1, 0.15) is 18.6 Å². The van der Waals surface area contributed by atoms with Gasteiger partial charge in [-0.15, -0.1) is 0 Å². The predicted molar refractivity (Wildman–Crippen MR) is 92.4 cm³/mol. The second kappa shape index (κ2) is 6.67. The lowest BCUT2D eigenvalue weighted by molar-refractivity contribution is 0.218. The molecule has 0 bridgehead atoms. The fourth-order valence-corrected chi connectivity index (χ4v) is 2.58. The minimum atomic E-state index is -0.243. The first kappa shape index (κ1) is 15.3. The number of nitrogens with two attached hydrogens (primary N) is 1. The molecule has 3 aromatic rings. The van der Waals surface area contributed by atoms with E-state index in [9.17, 15) is 0 Å². The number of hydrogen-bond acceptors (Lipinski definition) is 4. The van der Waals surface area contributed by atoms with Crippen molar-refractivity contribution in [2.45, 2.75) is 13.0 Å². The molecular formula is C18H16ClN3O. The largest absolute Gasteiger partial charge is 0.468 e. The summed E-state index contributed by atoms with van der Waals surface area (Å²) in [5, 5.41) is 0.665. The molecule has 0 aliphatic carbocycles. The first-order valence-electron chi connectivity index (χ1n) is 7.23. The van der Waals surface area contributed by atoms with Crippen molar-refractivity contribution in [3.05, 3.63) is 71.5 Å². The van der Waals surface area contributed by atoms with Crippen molar-refractivity contribution in [1.82, 2.24) is 9.97 Å². The molecule has 0 saturated heterocycles. The summed E-state index contributed by atoms with van der Waals surface area (Å²) in [7, 11) is 0. The van der Waals surface area contributed by atoms with Crippen molar-refractivity contribution < 1.29 is 4.74 Å². The Bertz CT molecular complexity index is 805. The third-order valence-corrected chi connectivity index (χ3v) is 3.82. The van der Waals surface area contributed by atoms with Crippen LogP contribution >= 0.6 is 11.6 Å². The fraction of sp³-hybridized carbons (Fsp3) is 0.111. The van der Waals surface area contributed by atoms with Crippen LogP contribution in [0.2, 0.25) is 5.02 Å². The van der Waals surface area contributed by atoms with Crippen molar-refractivity contribution >= 4 is 17.3 Å². The van der Waals surface area contributed by atoms with Crippen molar-refractivity contribution in [2.75, 3.05) is 5.73 Å². The van der Waals surface area contributed by atoms with Crippen molar-refractivity contribution in [1.29, 1.82) is 0 Å². The van der Waals surface area contributed by atoms with Crippen LogP contribution in [0, 0.1) is 0 Å². The van der Waals surface area contributed by atoms with Crippen LogP contribution in [0.3, 0.4) is 0 Å². The lowest BCUT2D eigenvalue weighted by Gasteiger charge is -2.17. The smallest absolute Gasteiger partial charge is 0.241 e. The van der Waals surface area contributed by atoms with Crippen LogP contribution in [0.5, 0.6) is 5.88 Å². The number of nitrogen functional groups attached to an aromatic ring is 1. The standard InChI is InChI=1S/C18H16ClN3O/c1-12(15-4-2-3-5-16(15)19)23-18-17(21-10-11-22-18)13-6-8-14(20)9-7-13/h2-12H,20H2,1H3/t12-/m0/s1. The Kier molecular flexibility index (Phi) is 4.44. The highest BCUT2D eigenvalue weighted by Gasteiger charge is 2.15. The number of nitrogens with zero attached hydrogens (tertiary/aromatic N) is 2. The minimum absolute atomic E-state index is 0.243. The van der Waals surface area contributed by atoms with Gasteiger partial charge in [-0.1, -0.05) is 41.9 Å². The van der Waals surface area contributed by atoms with Crippen molar-refractivity contribution in [2.24, 2.45) is 0 Å². The second-order valence-electron chi connectivity index (χ2n) is 5.11. The number of aromatic nitrogens is 2. The van der Waals surface area contributed by atoms with E-state index in [1.54, 1.807) is 12.4 Å². The Morgan fingerprint density at radius 2 is 1.70 bits per heavy atom. The average molecular weight is 326 g/mol. The Morgan fingerprint density at radius 1 is 1.00 bits per heavy atom. The maximum atomic E-state index is 6.23. The summed E-state index contributed by atoms with van der Waals surface area (Å²) in [6.07, 6.45) is 3.00. The van der Waals surface area contributed by atoms with Crippen LogP contribution in [0.25, 0.3) is 11.3 Å². The molecule has 0 spiro atoms. The molecule has 116 valence electrons. The molecule has 23 heavy (non-hydrogen) atoms. The molecule has 1 aromatic heterocycles. The summed E-state index contributed by atoms with van der Waals surface area (Å²) in [6, 6.07) is 15.0. The molecule has 0 aliphatic heterocycles. The third-order valence-electron chi connectivity index (χ3n) is 3.48. The highest BCUT2D eigenvalue weighted by atomic mass is 35.5. The van der Waals surface area contributed by atoms with Gasteiger partial charge in [0.2, 0.25) is 5.88 Å². The topological polar surface area (TPSA) is 61.0 Å². The van der Waals surface area contributed by atoms with E-state index in [4.69, 9.17) is 22.1 Å². The average Bonchev–Trinajstić information content (AvgIpc) is 2.56. The van der Waals surface area contributed by atoms with E-state index in [1.807, 2.05) is 55.5 Å². The number of anilines is 1. The molecule has 0 saturated carbocycles. The fourth-order valence-electron chi connectivity index (χ4n) is 2.29. The van der Waals surface area contributed by atoms with E-state index in [1.165, 1.54) is 0 Å². The quantitative estimate of drug-likeness (QED) is 0.716. The molecule has 3 rings (SSSR count). The van der Waals surface area contributed by atoms with Crippen LogP contribution in [-0.4, -0.2) is 9.97 Å². The zero-order valence-corrected chi connectivity index (χ0v) is 13.4. The monoisotopic (exact) mass is 325 g/mol. The zero-order chi connectivity index (χ0) is 16.2. The van der Waals surface area contributed by atoms with E-state index in [2.05, 4.69) is 9.97 Å². The van der Waals surface area contributed by atoms with Crippen LogP contribution in [0.15, 0.2) is 60.9 Å². The first-order valence-corrected chi connectivity index (χ1v) is 7.61. The number of rotatable bonds is 4. The molecule has 0 fully saturated rings. The summed E-state index contributed by atoms with van der Waals surface area (Å²) >= 11 is 6.23. The van der Waals surface area contributed by atoms with E-state index in [-0.39, 0.29) is 6.10 Å². The third kappa shape index (κ3) is 3.43. The van der Waals surface area contributed by atoms with E-state index in [0.29, 0.717) is 22.3 Å². The Balaban J connectivity index is 1.92. The van der Waals surface area contributed by atoms with Gasteiger partial charge in [-0.25, -0.2) is 9.97 Å². The van der Waals surface area contributed by atoms with Gasteiger partial charge < -0.3 is 10.5 Å². The van der Waals surface area contributed by atoms with Gasteiger partial charge in [-0.2, -0.15) is 0 Å². The molecular weight excluding hydrogens is 310 g/mol. The number of benzene rings is 2. The second-order valence-corrected chi connectivity index (χ2v) is 5.52. The number of halogens is 1. The lowest BCUT2D eigenvalue weighted by Crippen LogP contribution is -2.06. The van der Waals surface area contributed by atoms with Gasteiger partial charge in [0, 0.05) is 34.2 Å². The summed E-state index contributed by atoms with van der Waals surface area (Å²) in [5.41, 5.74) is 8.91. The molecule has 0 radical (unpaired) electrons. The molecule has 0 unspecified atom stereocenters. The van der Waals surface area contributed by atoms with Crippen molar-refractivity contribution in [3.63, 3.8) is 0 Å². The van der Waals surface area contributed by atoms with Gasteiger partial charge in [0.1, 0.15) is 11.8 Å². The number of hydrogen-bond donors (Lipinski definition) is 1. The van der Waals surface area contributed by atoms with Crippen molar-refractivity contribution in [3.8, 4) is 17.1 Å². The molecule has 1 heterocycles. The predicted octanol–water partition coefficient (Wildman–Crippen LogP) is 4.52. The lowest BCUT2D eigenvalue weighted by atomic mass is 10.1. The molecule has 0 aliphatic rings. The molecule has 0 amide bonds. The molecule has 2 N–H and O–H groups in total. The van der Waals surface area contributed by atoms with Gasteiger partial charge in [0.05, 0.1) is 0 Å². The molecule has 4 nitrogen and oxygen atoms in total. The molecule has 2 aromatic carbocycles. The number of ether oxygens (including phenoxy) is 1. The van der Waals surface area contributed by atoms with Crippen LogP contribution in [0.4, 0.5) is 5.69 Å². The summed E-state index contributed by atoms with van der Waals surface area (Å²) < 4.78 is 6.01. The SMILES string of the molecule is C[C@H](Oc1nccnc1-c1ccc(N)cc1)c1ccccc1Cl. The van der Waals surface area contributed by atoms with Gasteiger partial charge in [-0.3, -0.25) is 0 Å². The Hall–Kier alpha value is -2.59. The highest BCUT2D eigenvalue weighted by Crippen LogP contribution is 2.31. The maximum Gasteiger partial charge on any atom is 0.241 e. The summed E-state index contributed by atoms with van der Waals surface area (Å²) in [5.74, 6) is 0.463. The van der Waals surface area contributed by atoms with Gasteiger partial charge in [0.25, 0.3) is 0 Å². The zero-order valence-electron chi connectivity index (χ0n) is 12.6. The Morgan fingerprint density at radius 3 is 2.43 bits per heavy atom. The van der Waals surface area contributed by atoms with E-state index >= 15 is 0 Å². The summed E-state index contributed by atoms with van der Waals surface area (Å²) in [6.45, 7) is 1.93. The minimum Gasteiger partial charge on any atom is -0.468 e. The van der Waals surface area contributed by atoms with Gasteiger partial charge in [0.15, 0.2) is 0 Å².